The van der Waals surface area contributed by atoms with Gasteiger partial charge in [-0.3, -0.25) is 18.8 Å². The fourth-order valence-corrected chi connectivity index (χ4v) is 2.68. The molecule has 0 atom stereocenters. The lowest BCUT2D eigenvalue weighted by Crippen LogP contribution is -2.34. The van der Waals surface area contributed by atoms with Crippen LogP contribution in [0, 0.1) is 6.92 Å². The Labute approximate surface area is 143 Å². The molecule has 0 aliphatic carbocycles. The quantitative estimate of drug-likeness (QED) is 0.728. The van der Waals surface area contributed by atoms with Gasteiger partial charge < -0.3 is 10.3 Å². The predicted octanol–water partition coefficient (Wildman–Crippen LogP) is 0.682. The highest BCUT2D eigenvalue weighted by atomic mass is 16.2. The Morgan fingerprint density at radius 2 is 2.08 bits per heavy atom. The zero-order valence-corrected chi connectivity index (χ0v) is 14.3. The van der Waals surface area contributed by atoms with Gasteiger partial charge in [0.25, 0.3) is 11.5 Å². The lowest BCUT2D eigenvalue weighted by atomic mass is 10.1. The summed E-state index contributed by atoms with van der Waals surface area (Å²) in [5.41, 5.74) is 1.78. The van der Waals surface area contributed by atoms with Gasteiger partial charge >= 0.3 is 5.69 Å². The van der Waals surface area contributed by atoms with Crippen LogP contribution < -0.4 is 16.6 Å². The molecular weight excluding hydrogens is 322 g/mol. The van der Waals surface area contributed by atoms with Gasteiger partial charge in [-0.15, -0.1) is 0 Å². The Bertz CT molecular complexity index is 1070. The van der Waals surface area contributed by atoms with Gasteiger partial charge in [0.2, 0.25) is 0 Å². The van der Waals surface area contributed by atoms with E-state index in [9.17, 15) is 14.4 Å². The number of H-pyrrole nitrogens is 1. The van der Waals surface area contributed by atoms with Crippen LogP contribution in [0.2, 0.25) is 0 Å². The van der Waals surface area contributed by atoms with Gasteiger partial charge in [-0.2, -0.15) is 5.10 Å². The molecule has 0 bridgehead atoms. The van der Waals surface area contributed by atoms with Crippen LogP contribution >= 0.6 is 0 Å². The average Bonchev–Trinajstić information content (AvgIpc) is 2.91. The van der Waals surface area contributed by atoms with Gasteiger partial charge in [-0.05, 0) is 32.0 Å². The first-order valence-corrected chi connectivity index (χ1v) is 7.95. The molecule has 1 aromatic carbocycles. The Morgan fingerprint density at radius 1 is 1.32 bits per heavy atom. The van der Waals surface area contributed by atoms with Gasteiger partial charge in [0, 0.05) is 37.0 Å². The second kappa shape index (κ2) is 6.39. The number of benzene rings is 1. The Kier molecular flexibility index (Phi) is 4.26. The van der Waals surface area contributed by atoms with E-state index in [1.165, 1.54) is 6.07 Å². The van der Waals surface area contributed by atoms with Crippen molar-refractivity contribution in [2.75, 3.05) is 0 Å². The third kappa shape index (κ3) is 2.98. The molecule has 130 valence electrons. The molecule has 0 spiro atoms. The molecule has 2 N–H and O–H groups in total. The lowest BCUT2D eigenvalue weighted by Gasteiger charge is -2.07. The van der Waals surface area contributed by atoms with Crippen LogP contribution in [0.3, 0.4) is 0 Å². The Balaban J connectivity index is 1.88. The summed E-state index contributed by atoms with van der Waals surface area (Å²) in [5, 5.41) is 7.33. The number of nitrogens with one attached hydrogen (secondary N) is 2. The molecule has 0 aliphatic heterocycles. The highest BCUT2D eigenvalue weighted by molar-refractivity contribution is 5.97. The summed E-state index contributed by atoms with van der Waals surface area (Å²) in [5.74, 6) is -0.286. The maximum Gasteiger partial charge on any atom is 0.328 e. The topological polar surface area (TPSA) is 102 Å². The fourth-order valence-electron chi connectivity index (χ4n) is 2.68. The molecule has 3 rings (SSSR count). The highest BCUT2D eigenvalue weighted by Crippen LogP contribution is 2.10. The summed E-state index contributed by atoms with van der Waals surface area (Å²) < 4.78 is 2.86. The van der Waals surface area contributed by atoms with Gasteiger partial charge in [0.15, 0.2) is 0 Å². The van der Waals surface area contributed by atoms with Gasteiger partial charge in [-0.25, -0.2) is 4.79 Å². The van der Waals surface area contributed by atoms with Crippen molar-refractivity contribution in [1.29, 1.82) is 0 Å². The van der Waals surface area contributed by atoms with E-state index in [0.717, 1.165) is 15.8 Å². The minimum absolute atomic E-state index is 0.286. The smallest absolute Gasteiger partial charge is 0.328 e. The van der Waals surface area contributed by atoms with Crippen molar-refractivity contribution < 1.29 is 4.79 Å². The third-order valence-corrected chi connectivity index (χ3v) is 4.34. The first kappa shape index (κ1) is 16.7. The minimum Gasteiger partial charge on any atom is -0.348 e. The monoisotopic (exact) mass is 341 g/mol. The molecule has 0 fully saturated rings. The molecule has 0 saturated heterocycles. The highest BCUT2D eigenvalue weighted by Gasteiger charge is 2.11. The number of hydrogen-bond acceptors (Lipinski definition) is 4. The largest absolute Gasteiger partial charge is 0.348 e. The molecule has 1 amide bonds. The summed E-state index contributed by atoms with van der Waals surface area (Å²) in [6, 6.07) is 4.65. The van der Waals surface area contributed by atoms with Crippen molar-refractivity contribution in [2.24, 2.45) is 7.05 Å². The Hall–Kier alpha value is -3.16. The lowest BCUT2D eigenvalue weighted by molar-refractivity contribution is 0.0951. The van der Waals surface area contributed by atoms with E-state index in [0.29, 0.717) is 23.0 Å². The maximum atomic E-state index is 12.4. The normalized spacial score (nSPS) is 11.0. The fraction of sp³-hybridized carbons (Fsp3) is 0.294. The number of amides is 1. The van der Waals surface area contributed by atoms with Crippen molar-refractivity contribution in [1.82, 2.24) is 24.6 Å². The number of nitrogens with zero attached hydrogens (tertiary/aromatic N) is 3. The molecule has 25 heavy (non-hydrogen) atoms. The number of fused-ring (bicyclic) bond motifs is 1. The number of carbonyl (C=O) groups excluding carboxylic acids is 1. The van der Waals surface area contributed by atoms with Crippen molar-refractivity contribution in [2.45, 2.75) is 26.9 Å². The van der Waals surface area contributed by atoms with Crippen molar-refractivity contribution in [3.8, 4) is 0 Å². The summed E-state index contributed by atoms with van der Waals surface area (Å²) in [4.78, 5) is 39.2. The standard InChI is InChI=1S/C17H19N5O3/c1-4-22-16(24)13-6-5-11(7-14(13)20-17(22)25)15(23)18-8-12-9-19-21(3)10(12)2/h5-7,9H,4,8H2,1-3H3,(H,18,23)(H,20,25). The molecule has 8 heteroatoms. The maximum absolute atomic E-state index is 12.4. The predicted molar refractivity (Wildman–Crippen MR) is 93.6 cm³/mol. The first-order valence-electron chi connectivity index (χ1n) is 7.95. The summed E-state index contributed by atoms with van der Waals surface area (Å²) >= 11 is 0. The van der Waals surface area contributed by atoms with Crippen molar-refractivity contribution in [3.05, 3.63) is 62.1 Å². The van der Waals surface area contributed by atoms with Crippen LogP contribution in [0.1, 0.15) is 28.5 Å². The number of aromatic amines is 1. The van der Waals surface area contributed by atoms with E-state index in [4.69, 9.17) is 0 Å². The molecule has 0 aliphatic rings. The molecule has 2 aromatic heterocycles. The zero-order chi connectivity index (χ0) is 18.1. The van der Waals surface area contributed by atoms with Crippen LogP contribution in [0.5, 0.6) is 0 Å². The van der Waals surface area contributed by atoms with E-state index >= 15 is 0 Å². The number of hydrogen-bond donors (Lipinski definition) is 2. The van der Waals surface area contributed by atoms with Crippen molar-refractivity contribution in [3.63, 3.8) is 0 Å². The molecule has 8 nitrogen and oxygen atoms in total. The van der Waals surface area contributed by atoms with Crippen LogP contribution in [-0.2, 0) is 20.1 Å². The van der Waals surface area contributed by atoms with Gasteiger partial charge in [0.1, 0.15) is 0 Å². The van der Waals surface area contributed by atoms with Crippen LogP contribution in [0.25, 0.3) is 10.9 Å². The number of rotatable bonds is 4. The number of carbonyl (C=O) groups is 1. The van der Waals surface area contributed by atoms with Crippen molar-refractivity contribution >= 4 is 16.8 Å². The van der Waals surface area contributed by atoms with E-state index in [1.54, 1.807) is 29.9 Å². The zero-order valence-electron chi connectivity index (χ0n) is 14.3. The minimum atomic E-state index is -0.483. The molecule has 3 aromatic rings. The van der Waals surface area contributed by atoms with E-state index in [1.807, 2.05) is 14.0 Å². The van der Waals surface area contributed by atoms with E-state index in [2.05, 4.69) is 15.4 Å². The molecule has 2 heterocycles. The summed E-state index contributed by atoms with van der Waals surface area (Å²) in [6.07, 6.45) is 1.71. The number of aromatic nitrogens is 4. The molecule has 0 unspecified atom stereocenters. The van der Waals surface area contributed by atoms with Crippen LogP contribution in [0.15, 0.2) is 34.0 Å². The SMILES string of the molecule is CCn1c(=O)[nH]c2cc(C(=O)NCc3cnn(C)c3C)ccc2c1=O. The van der Waals surface area contributed by atoms with Crippen LogP contribution in [0.4, 0.5) is 0 Å². The first-order chi connectivity index (χ1) is 11.9. The average molecular weight is 341 g/mol. The van der Waals surface area contributed by atoms with E-state index < -0.39 is 5.69 Å². The second-order valence-electron chi connectivity index (χ2n) is 5.80. The molecule has 0 radical (unpaired) electrons. The summed E-state index contributed by atoms with van der Waals surface area (Å²) in [7, 11) is 1.84. The Morgan fingerprint density at radius 3 is 2.72 bits per heavy atom. The molecular formula is C17H19N5O3. The van der Waals surface area contributed by atoms with E-state index in [-0.39, 0.29) is 18.0 Å². The number of aryl methyl sites for hydroxylation is 1. The third-order valence-electron chi connectivity index (χ3n) is 4.34. The molecule has 0 saturated carbocycles. The van der Waals surface area contributed by atoms with Gasteiger partial charge in [-0.1, -0.05) is 0 Å². The summed E-state index contributed by atoms with van der Waals surface area (Å²) in [6.45, 7) is 4.29. The van der Waals surface area contributed by atoms with Gasteiger partial charge in [0.05, 0.1) is 17.1 Å². The van der Waals surface area contributed by atoms with Crippen LogP contribution in [-0.4, -0.2) is 25.2 Å². The second-order valence-corrected chi connectivity index (χ2v) is 5.80.